The van der Waals surface area contributed by atoms with Gasteiger partial charge in [-0.2, -0.15) is 26.3 Å². The Labute approximate surface area is 174 Å². The summed E-state index contributed by atoms with van der Waals surface area (Å²) in [7, 11) is 1.46. The van der Waals surface area contributed by atoms with Crippen molar-refractivity contribution in [2.45, 2.75) is 37.5 Å². The van der Waals surface area contributed by atoms with Crippen molar-refractivity contribution in [3.63, 3.8) is 0 Å². The maximum atomic E-state index is 13.7. The van der Waals surface area contributed by atoms with Gasteiger partial charge in [0.15, 0.2) is 17.5 Å². The number of nitrogens with one attached hydrogen (secondary N) is 2. The molecule has 0 saturated carbocycles. The van der Waals surface area contributed by atoms with Crippen LogP contribution in [0.1, 0.15) is 23.1 Å². The number of aliphatic hydroxyl groups is 1. The Morgan fingerprint density at radius 1 is 1.23 bits per heavy atom. The van der Waals surface area contributed by atoms with Crippen LogP contribution in [0.2, 0.25) is 0 Å². The number of rotatable bonds is 5. The number of aryl methyl sites for hydroxylation is 1. The Balaban J connectivity index is 2.07. The molecule has 0 radical (unpaired) electrons. The molecular weight excluding hydrogens is 428 g/mol. The second-order valence-electron chi connectivity index (χ2n) is 7.30. The lowest BCUT2D eigenvalue weighted by Gasteiger charge is -2.33. The number of fused-ring (bicyclic) bond motifs is 1. The molecule has 0 saturated heterocycles. The molecule has 1 aromatic carbocycles. The third-order valence-electron chi connectivity index (χ3n) is 5.21. The fourth-order valence-corrected chi connectivity index (χ4v) is 3.45. The molecule has 0 fully saturated rings. The summed E-state index contributed by atoms with van der Waals surface area (Å²) in [5.74, 6) is -0.337. The fraction of sp³-hybridized carbons (Fsp3) is 0.421. The Morgan fingerprint density at radius 2 is 1.90 bits per heavy atom. The van der Waals surface area contributed by atoms with Gasteiger partial charge in [-0.3, -0.25) is 0 Å². The number of halogens is 6. The quantitative estimate of drug-likeness (QED) is 0.520. The molecule has 12 heteroatoms. The highest BCUT2D eigenvalue weighted by Crippen LogP contribution is 2.43. The first-order valence-electron chi connectivity index (χ1n) is 9.22. The van der Waals surface area contributed by atoms with Crippen molar-refractivity contribution < 1.29 is 31.4 Å². The predicted octanol–water partition coefficient (Wildman–Crippen LogP) is 2.66. The molecule has 2 aliphatic rings. The molecule has 2 aliphatic heterocycles. The predicted molar refractivity (Wildman–Crippen MR) is 102 cm³/mol. The van der Waals surface area contributed by atoms with E-state index in [0.29, 0.717) is 5.56 Å². The van der Waals surface area contributed by atoms with Crippen molar-refractivity contribution in [2.24, 2.45) is 10.7 Å². The molecule has 0 aromatic heterocycles. The van der Waals surface area contributed by atoms with Crippen LogP contribution in [0.25, 0.3) is 5.70 Å². The van der Waals surface area contributed by atoms with Gasteiger partial charge in [0, 0.05) is 24.4 Å². The monoisotopic (exact) mass is 449 g/mol. The van der Waals surface area contributed by atoms with Gasteiger partial charge >= 0.3 is 12.4 Å². The largest absolute Gasteiger partial charge is 0.434 e. The zero-order valence-electron chi connectivity index (χ0n) is 16.6. The molecule has 0 spiro atoms. The molecule has 31 heavy (non-hydrogen) atoms. The van der Waals surface area contributed by atoms with E-state index in [9.17, 15) is 31.4 Å². The highest BCUT2D eigenvalue weighted by atomic mass is 19.4. The molecule has 170 valence electrons. The number of aliphatic imine (C=N–C) groups is 1. The van der Waals surface area contributed by atoms with Gasteiger partial charge in [0.25, 0.3) is 0 Å². The van der Waals surface area contributed by atoms with E-state index in [-0.39, 0.29) is 23.6 Å². The third kappa shape index (κ3) is 4.09. The Kier molecular flexibility index (Phi) is 5.74. The van der Waals surface area contributed by atoms with E-state index in [0.717, 1.165) is 23.2 Å². The summed E-state index contributed by atoms with van der Waals surface area (Å²) in [6.45, 7) is 1.49. The van der Waals surface area contributed by atoms with Crippen LogP contribution in [0, 0.1) is 6.92 Å². The normalized spacial score (nSPS) is 21.0. The van der Waals surface area contributed by atoms with E-state index in [1.165, 1.54) is 19.3 Å². The molecule has 3 rings (SSSR count). The molecular formula is C19H21F6N5O. The zero-order chi connectivity index (χ0) is 23.2. The highest BCUT2D eigenvalue weighted by Gasteiger charge is 2.54. The van der Waals surface area contributed by atoms with E-state index in [1.54, 1.807) is 6.92 Å². The van der Waals surface area contributed by atoms with Gasteiger partial charge < -0.3 is 26.4 Å². The first kappa shape index (κ1) is 22.9. The van der Waals surface area contributed by atoms with Gasteiger partial charge in [-0.15, -0.1) is 0 Å². The van der Waals surface area contributed by atoms with Crippen molar-refractivity contribution in [2.75, 3.05) is 13.6 Å². The van der Waals surface area contributed by atoms with Crippen LogP contribution in [0.3, 0.4) is 0 Å². The second-order valence-corrected chi connectivity index (χ2v) is 7.30. The first-order valence-corrected chi connectivity index (χ1v) is 9.22. The maximum Gasteiger partial charge on any atom is 0.434 e. The Morgan fingerprint density at radius 3 is 2.48 bits per heavy atom. The SMILES string of the molecule is CNCCC(O)(c1ccc(C)c(C2=CNC3C(N)=NC(C(F)(F)F)=CN23)c1)C(F)(F)F. The smallest absolute Gasteiger partial charge is 0.384 e. The summed E-state index contributed by atoms with van der Waals surface area (Å²) in [5.41, 5.74) is 1.77. The van der Waals surface area contributed by atoms with Crippen molar-refractivity contribution in [3.8, 4) is 0 Å². The number of allylic oxidation sites excluding steroid dienone is 1. The van der Waals surface area contributed by atoms with Crippen LogP contribution in [0.5, 0.6) is 0 Å². The molecule has 0 amide bonds. The molecule has 1 aromatic rings. The lowest BCUT2D eigenvalue weighted by atomic mass is 9.87. The van der Waals surface area contributed by atoms with Gasteiger partial charge in [0.05, 0.1) is 5.70 Å². The average Bonchev–Trinajstić information content (AvgIpc) is 3.09. The van der Waals surface area contributed by atoms with Crippen LogP contribution in [0.15, 0.2) is 41.3 Å². The number of hydrogen-bond donors (Lipinski definition) is 4. The number of hydrogen-bond acceptors (Lipinski definition) is 6. The van der Waals surface area contributed by atoms with Gasteiger partial charge in [-0.05, 0) is 37.7 Å². The van der Waals surface area contributed by atoms with Crippen molar-refractivity contribution in [1.29, 1.82) is 0 Å². The zero-order valence-corrected chi connectivity index (χ0v) is 16.6. The molecule has 2 heterocycles. The summed E-state index contributed by atoms with van der Waals surface area (Å²) in [6.07, 6.45) is -9.17. The summed E-state index contributed by atoms with van der Waals surface area (Å²) in [5, 5.41) is 15.9. The molecule has 0 bridgehead atoms. The van der Waals surface area contributed by atoms with Crippen molar-refractivity contribution >= 4 is 11.5 Å². The van der Waals surface area contributed by atoms with E-state index < -0.39 is 41.8 Å². The average molecular weight is 449 g/mol. The Hall–Kier alpha value is -2.73. The number of nitrogens with zero attached hydrogens (tertiary/aromatic N) is 2. The minimum Gasteiger partial charge on any atom is -0.384 e. The lowest BCUT2D eigenvalue weighted by molar-refractivity contribution is -0.268. The maximum absolute atomic E-state index is 13.7. The highest BCUT2D eigenvalue weighted by molar-refractivity contribution is 5.91. The number of amidine groups is 1. The third-order valence-corrected chi connectivity index (χ3v) is 5.21. The number of nitrogens with two attached hydrogens (primary N) is 1. The summed E-state index contributed by atoms with van der Waals surface area (Å²) in [6, 6.07) is 3.67. The molecule has 6 nitrogen and oxygen atoms in total. The molecule has 5 N–H and O–H groups in total. The van der Waals surface area contributed by atoms with Gasteiger partial charge in [-0.1, -0.05) is 12.1 Å². The van der Waals surface area contributed by atoms with Crippen molar-refractivity contribution in [3.05, 3.63) is 53.0 Å². The van der Waals surface area contributed by atoms with Gasteiger partial charge in [-0.25, -0.2) is 4.99 Å². The van der Waals surface area contributed by atoms with E-state index in [1.807, 2.05) is 0 Å². The van der Waals surface area contributed by atoms with Gasteiger partial charge in [0.1, 0.15) is 5.84 Å². The van der Waals surface area contributed by atoms with Crippen LogP contribution in [-0.4, -0.2) is 48.0 Å². The van der Waals surface area contributed by atoms with Crippen LogP contribution < -0.4 is 16.4 Å². The summed E-state index contributed by atoms with van der Waals surface area (Å²) in [4.78, 5) is 4.53. The van der Waals surface area contributed by atoms with E-state index in [4.69, 9.17) is 5.73 Å². The van der Waals surface area contributed by atoms with E-state index in [2.05, 4.69) is 15.6 Å². The van der Waals surface area contributed by atoms with Crippen LogP contribution >= 0.6 is 0 Å². The molecule has 2 atom stereocenters. The fourth-order valence-electron chi connectivity index (χ4n) is 3.45. The van der Waals surface area contributed by atoms with Gasteiger partial charge in [0.2, 0.25) is 0 Å². The standard InChI is InChI=1S/C19H21F6N5O/c1-10-3-4-11(17(31,5-6-27-2)19(23,24)25)7-12(10)13-8-28-16-15(26)29-14(9-30(13)16)18(20,21)22/h3-4,7-9,16,27-28,31H,5-6H2,1-2H3,(H2,26,29). The van der Waals surface area contributed by atoms with Crippen LogP contribution in [0.4, 0.5) is 26.3 Å². The first-order chi connectivity index (χ1) is 14.3. The Bertz CT molecular complexity index is 952. The minimum absolute atomic E-state index is 0.109. The number of benzene rings is 1. The lowest BCUT2D eigenvalue weighted by Crippen LogP contribution is -2.48. The van der Waals surface area contributed by atoms with Crippen LogP contribution in [-0.2, 0) is 5.60 Å². The summed E-state index contributed by atoms with van der Waals surface area (Å²) >= 11 is 0. The second kappa shape index (κ2) is 7.75. The minimum atomic E-state index is -4.97. The van der Waals surface area contributed by atoms with E-state index >= 15 is 0 Å². The molecule has 0 aliphatic carbocycles. The number of alkyl halides is 6. The van der Waals surface area contributed by atoms with Crippen molar-refractivity contribution in [1.82, 2.24) is 15.5 Å². The topological polar surface area (TPSA) is 85.9 Å². The summed E-state index contributed by atoms with van der Waals surface area (Å²) < 4.78 is 80.8. The molecule has 2 unspecified atom stereocenters.